The van der Waals surface area contributed by atoms with Gasteiger partial charge in [0.15, 0.2) is 0 Å². The van der Waals surface area contributed by atoms with Gasteiger partial charge in [0.2, 0.25) is 5.91 Å². The van der Waals surface area contributed by atoms with Crippen molar-refractivity contribution >= 4 is 17.6 Å². The maximum absolute atomic E-state index is 10.6. The molecule has 1 aromatic rings. The van der Waals surface area contributed by atoms with Crippen LogP contribution >= 0.6 is 0 Å². The molecule has 0 spiro atoms. The van der Waals surface area contributed by atoms with E-state index in [1.54, 1.807) is 0 Å². The van der Waals surface area contributed by atoms with Crippen LogP contribution in [0.3, 0.4) is 0 Å². The van der Waals surface area contributed by atoms with Crippen LogP contribution in [0.15, 0.2) is 12.4 Å². The van der Waals surface area contributed by atoms with Crippen LogP contribution in [-0.4, -0.2) is 27.2 Å². The lowest BCUT2D eigenvalue weighted by Gasteiger charge is -2.03. The topological polar surface area (TPSA) is 92.2 Å². The molecule has 1 aromatic heterocycles. The van der Waals surface area contributed by atoms with Crippen LogP contribution in [0.5, 0.6) is 0 Å². The van der Waals surface area contributed by atoms with Crippen molar-refractivity contribution in [1.29, 1.82) is 0 Å². The molecule has 1 heterocycles. The molecule has 1 rings (SSSR count). The minimum atomic E-state index is -1.15. The van der Waals surface area contributed by atoms with Crippen LogP contribution in [-0.2, 0) is 4.79 Å². The van der Waals surface area contributed by atoms with Gasteiger partial charge in [-0.3, -0.25) is 4.79 Å². The molecular weight excluding hydrogens is 174 g/mol. The third-order valence-corrected chi connectivity index (χ3v) is 1.27. The largest absolute Gasteiger partial charge is 0.478 e. The summed E-state index contributed by atoms with van der Waals surface area (Å²) in [5.74, 6) is -1.51. The van der Waals surface area contributed by atoms with Gasteiger partial charge in [0.1, 0.15) is 5.56 Å². The molecule has 0 aliphatic rings. The standard InChI is InChI=1S/C7H7N3O3/c1-4(11)10-6-3-9-8-2-5(6)7(12)13/h2-3H,1H3,(H,12,13)(H,8,10,11). The number of carboxylic acid groups (broad SMARTS) is 1. The number of amides is 1. The summed E-state index contributed by atoms with van der Waals surface area (Å²) >= 11 is 0. The Balaban J connectivity index is 3.04. The van der Waals surface area contributed by atoms with Crippen LogP contribution in [0.4, 0.5) is 5.69 Å². The molecule has 0 aliphatic carbocycles. The molecule has 1 amide bonds. The molecule has 68 valence electrons. The van der Waals surface area contributed by atoms with E-state index in [0.29, 0.717) is 0 Å². The average Bonchev–Trinajstić information content (AvgIpc) is 2.03. The average molecular weight is 181 g/mol. The number of nitrogens with one attached hydrogen (secondary N) is 1. The van der Waals surface area contributed by atoms with Crippen molar-refractivity contribution in [2.45, 2.75) is 6.92 Å². The Morgan fingerprint density at radius 3 is 2.54 bits per heavy atom. The first-order valence-corrected chi connectivity index (χ1v) is 3.43. The predicted molar refractivity (Wildman–Crippen MR) is 43.3 cm³/mol. The molecule has 0 unspecified atom stereocenters. The Hall–Kier alpha value is -1.98. The molecule has 6 nitrogen and oxygen atoms in total. The third-order valence-electron chi connectivity index (χ3n) is 1.27. The van der Waals surface area contributed by atoms with Gasteiger partial charge in [-0.25, -0.2) is 4.79 Å². The molecule has 13 heavy (non-hydrogen) atoms. The Morgan fingerprint density at radius 2 is 2.00 bits per heavy atom. The Bertz CT molecular complexity index is 351. The van der Waals surface area contributed by atoms with E-state index >= 15 is 0 Å². The van der Waals surface area contributed by atoms with Gasteiger partial charge in [-0.1, -0.05) is 0 Å². The van der Waals surface area contributed by atoms with Gasteiger partial charge in [0, 0.05) is 6.92 Å². The second-order valence-electron chi connectivity index (χ2n) is 2.30. The summed E-state index contributed by atoms with van der Waals surface area (Å²) in [6.45, 7) is 1.28. The lowest BCUT2D eigenvalue weighted by atomic mass is 10.2. The minimum Gasteiger partial charge on any atom is -0.478 e. The van der Waals surface area contributed by atoms with Gasteiger partial charge in [-0.15, -0.1) is 0 Å². The molecular formula is C7H7N3O3. The molecule has 0 saturated carbocycles. The van der Waals surface area contributed by atoms with Crippen molar-refractivity contribution in [1.82, 2.24) is 10.2 Å². The van der Waals surface area contributed by atoms with E-state index in [4.69, 9.17) is 5.11 Å². The molecule has 0 aromatic carbocycles. The minimum absolute atomic E-state index is 0.0785. The zero-order chi connectivity index (χ0) is 9.84. The number of nitrogens with zero attached hydrogens (tertiary/aromatic N) is 2. The number of anilines is 1. The normalized spacial score (nSPS) is 9.31. The Labute approximate surface area is 73.6 Å². The highest BCUT2D eigenvalue weighted by Gasteiger charge is 2.10. The van der Waals surface area contributed by atoms with E-state index in [9.17, 15) is 9.59 Å². The van der Waals surface area contributed by atoms with Crippen molar-refractivity contribution in [3.05, 3.63) is 18.0 Å². The molecule has 0 aliphatic heterocycles. The van der Waals surface area contributed by atoms with Crippen LogP contribution in [0.25, 0.3) is 0 Å². The van der Waals surface area contributed by atoms with Gasteiger partial charge in [0.25, 0.3) is 0 Å². The summed E-state index contributed by atoms with van der Waals surface area (Å²) in [5.41, 5.74) is 0.0696. The van der Waals surface area contributed by atoms with Gasteiger partial charge >= 0.3 is 5.97 Å². The van der Waals surface area contributed by atoms with E-state index in [-0.39, 0.29) is 17.2 Å². The summed E-state index contributed by atoms with van der Waals surface area (Å²) in [4.78, 5) is 21.2. The van der Waals surface area contributed by atoms with Gasteiger partial charge in [-0.05, 0) is 0 Å². The maximum atomic E-state index is 10.6. The summed E-state index contributed by atoms with van der Waals surface area (Å²) < 4.78 is 0. The zero-order valence-electron chi connectivity index (χ0n) is 6.81. The van der Waals surface area contributed by atoms with E-state index < -0.39 is 5.97 Å². The number of aromatic nitrogens is 2. The van der Waals surface area contributed by atoms with E-state index in [2.05, 4.69) is 15.5 Å². The number of carboxylic acids is 1. The number of carbonyl (C=O) groups is 2. The highest BCUT2D eigenvalue weighted by Crippen LogP contribution is 2.11. The summed E-state index contributed by atoms with van der Waals surface area (Å²) in [5, 5.41) is 17.8. The summed E-state index contributed by atoms with van der Waals surface area (Å²) in [6, 6.07) is 0. The first kappa shape index (κ1) is 9.11. The fourth-order valence-electron chi connectivity index (χ4n) is 0.781. The number of hydrogen-bond donors (Lipinski definition) is 2. The molecule has 0 saturated heterocycles. The van der Waals surface area contributed by atoms with Gasteiger partial charge < -0.3 is 10.4 Å². The predicted octanol–water partition coefficient (Wildman–Crippen LogP) is 0.133. The monoisotopic (exact) mass is 181 g/mol. The fraction of sp³-hybridized carbons (Fsp3) is 0.143. The zero-order valence-corrected chi connectivity index (χ0v) is 6.81. The van der Waals surface area contributed by atoms with Gasteiger partial charge in [-0.2, -0.15) is 10.2 Å². The third kappa shape index (κ3) is 2.22. The van der Waals surface area contributed by atoms with Crippen LogP contribution in [0.1, 0.15) is 17.3 Å². The highest BCUT2D eigenvalue weighted by molar-refractivity contribution is 5.99. The number of hydrogen-bond acceptors (Lipinski definition) is 4. The van der Waals surface area contributed by atoms with Crippen LogP contribution < -0.4 is 5.32 Å². The smallest absolute Gasteiger partial charge is 0.339 e. The second kappa shape index (κ2) is 3.61. The van der Waals surface area contributed by atoms with Gasteiger partial charge in [0.05, 0.1) is 18.1 Å². The SMILES string of the molecule is CC(=O)Nc1cnncc1C(=O)O. The summed E-state index contributed by atoms with van der Waals surface area (Å²) in [7, 11) is 0. The number of rotatable bonds is 2. The van der Waals surface area contributed by atoms with Crippen LogP contribution in [0.2, 0.25) is 0 Å². The highest BCUT2D eigenvalue weighted by atomic mass is 16.4. The van der Waals surface area contributed by atoms with Crippen molar-refractivity contribution < 1.29 is 14.7 Å². The first-order chi connectivity index (χ1) is 6.11. The lowest BCUT2D eigenvalue weighted by molar-refractivity contribution is -0.114. The van der Waals surface area contributed by atoms with Crippen molar-refractivity contribution in [3.63, 3.8) is 0 Å². The van der Waals surface area contributed by atoms with Crippen molar-refractivity contribution in [2.75, 3.05) is 5.32 Å². The summed E-state index contributed by atoms with van der Waals surface area (Å²) in [6.07, 6.45) is 2.26. The van der Waals surface area contributed by atoms with E-state index in [1.165, 1.54) is 13.1 Å². The quantitative estimate of drug-likeness (QED) is 0.676. The second-order valence-corrected chi connectivity index (χ2v) is 2.30. The number of aromatic carboxylic acids is 1. The maximum Gasteiger partial charge on any atom is 0.339 e. The van der Waals surface area contributed by atoms with Crippen molar-refractivity contribution in [3.8, 4) is 0 Å². The first-order valence-electron chi connectivity index (χ1n) is 3.43. The Kier molecular flexibility index (Phi) is 2.53. The molecule has 0 fully saturated rings. The molecule has 0 atom stereocenters. The fourth-order valence-corrected chi connectivity index (χ4v) is 0.781. The number of carbonyl (C=O) groups excluding carboxylic acids is 1. The molecule has 0 bridgehead atoms. The lowest BCUT2D eigenvalue weighted by Crippen LogP contribution is -2.11. The van der Waals surface area contributed by atoms with E-state index in [0.717, 1.165) is 6.20 Å². The van der Waals surface area contributed by atoms with Crippen molar-refractivity contribution in [2.24, 2.45) is 0 Å². The molecule has 0 radical (unpaired) electrons. The molecule has 6 heteroatoms. The van der Waals surface area contributed by atoms with E-state index in [1.807, 2.05) is 0 Å². The Morgan fingerprint density at radius 1 is 1.38 bits per heavy atom. The molecule has 2 N–H and O–H groups in total. The van der Waals surface area contributed by atoms with Crippen LogP contribution in [0, 0.1) is 0 Å².